The van der Waals surface area contributed by atoms with E-state index in [9.17, 15) is 39.9 Å². The molecule has 0 bridgehead atoms. The molecule has 0 spiro atoms. The van der Waals surface area contributed by atoms with Gasteiger partial charge in [-0.15, -0.1) is 0 Å². The van der Waals surface area contributed by atoms with E-state index in [1.54, 1.807) is 0 Å². The number of imidazole rings is 1. The van der Waals surface area contributed by atoms with Gasteiger partial charge in [-0.25, -0.2) is 17.8 Å². The molecular formula is C20H20F3N5O7S2. The summed E-state index contributed by atoms with van der Waals surface area (Å²) < 4.78 is 97.5. The lowest BCUT2D eigenvalue weighted by atomic mass is 10.2. The first-order valence-corrected chi connectivity index (χ1v) is 13.4. The summed E-state index contributed by atoms with van der Waals surface area (Å²) in [4.78, 5) is 15.9. The smallest absolute Gasteiger partial charge is 0.493 e. The van der Waals surface area contributed by atoms with Gasteiger partial charge in [0.25, 0.3) is 9.84 Å². The lowest BCUT2D eigenvalue weighted by molar-refractivity contribution is -0.0436. The first-order valence-electron chi connectivity index (χ1n) is 10.5. The Bertz CT molecular complexity index is 1560. The number of morpholine rings is 1. The van der Waals surface area contributed by atoms with Gasteiger partial charge in [0.2, 0.25) is 5.88 Å². The summed E-state index contributed by atoms with van der Waals surface area (Å²) in [5.41, 5.74) is -5.98. The zero-order valence-corrected chi connectivity index (χ0v) is 20.4. The molecule has 1 aliphatic heterocycles. The van der Waals surface area contributed by atoms with E-state index in [-0.39, 0.29) is 44.2 Å². The number of anilines is 1. The monoisotopic (exact) mass is 563 g/mol. The number of nitrogens with one attached hydrogen (secondary N) is 1. The Morgan fingerprint density at radius 2 is 1.70 bits per heavy atom. The average Bonchev–Trinajstić information content (AvgIpc) is 3.12. The van der Waals surface area contributed by atoms with Gasteiger partial charge in [0, 0.05) is 19.3 Å². The highest BCUT2D eigenvalue weighted by Gasteiger charge is 2.46. The van der Waals surface area contributed by atoms with E-state index < -0.39 is 42.0 Å². The molecule has 200 valence electrons. The number of ether oxygens (including phenoxy) is 1. The van der Waals surface area contributed by atoms with Crippen molar-refractivity contribution in [3.63, 3.8) is 0 Å². The summed E-state index contributed by atoms with van der Waals surface area (Å²) >= 11 is 0. The van der Waals surface area contributed by atoms with Crippen LogP contribution in [0.1, 0.15) is 5.56 Å². The molecule has 12 nitrogen and oxygen atoms in total. The van der Waals surface area contributed by atoms with E-state index in [1.165, 1.54) is 22.8 Å². The highest BCUT2D eigenvalue weighted by atomic mass is 32.2. The van der Waals surface area contributed by atoms with Crippen LogP contribution in [-0.4, -0.2) is 72.2 Å². The van der Waals surface area contributed by atoms with Gasteiger partial charge in [-0.1, -0.05) is 0 Å². The highest BCUT2D eigenvalue weighted by Crippen LogP contribution is 2.31. The van der Waals surface area contributed by atoms with Crippen molar-refractivity contribution in [2.24, 2.45) is 0 Å². The third-order valence-electron chi connectivity index (χ3n) is 5.45. The minimum atomic E-state index is -5.59. The summed E-state index contributed by atoms with van der Waals surface area (Å²) in [6.07, 6.45) is 3.68. The third kappa shape index (κ3) is 5.34. The van der Waals surface area contributed by atoms with Gasteiger partial charge in [0.05, 0.1) is 48.4 Å². The number of alkyl halides is 3. The van der Waals surface area contributed by atoms with E-state index in [4.69, 9.17) is 4.74 Å². The maximum absolute atomic E-state index is 13.0. The van der Waals surface area contributed by atoms with E-state index in [0.717, 1.165) is 27.5 Å². The summed E-state index contributed by atoms with van der Waals surface area (Å²) in [6, 6.07) is 4.69. The normalized spacial score (nSPS) is 15.5. The van der Waals surface area contributed by atoms with Crippen molar-refractivity contribution < 1.29 is 39.9 Å². The van der Waals surface area contributed by atoms with Gasteiger partial charge >= 0.3 is 21.4 Å². The predicted octanol–water partition coefficient (Wildman–Crippen LogP) is 1.07. The molecule has 1 aliphatic rings. The number of aromatic hydroxyl groups is 1. The Labute approximate surface area is 208 Å². The number of sulfone groups is 1. The third-order valence-corrected chi connectivity index (χ3v) is 8.47. The fourth-order valence-electron chi connectivity index (χ4n) is 3.57. The van der Waals surface area contributed by atoms with Crippen LogP contribution in [0.2, 0.25) is 0 Å². The molecule has 4 rings (SSSR count). The second kappa shape index (κ2) is 9.81. The van der Waals surface area contributed by atoms with Crippen molar-refractivity contribution in [3.8, 4) is 11.6 Å². The van der Waals surface area contributed by atoms with E-state index >= 15 is 0 Å². The first-order chi connectivity index (χ1) is 17.3. The summed E-state index contributed by atoms with van der Waals surface area (Å²) in [5.74, 6) is -0.582. The zero-order chi connectivity index (χ0) is 27.0. The highest BCUT2D eigenvalue weighted by molar-refractivity contribution is 7.92. The molecular weight excluding hydrogens is 543 g/mol. The molecule has 2 aromatic heterocycles. The molecule has 1 aromatic carbocycles. The van der Waals surface area contributed by atoms with Gasteiger partial charge in [-0.3, -0.25) is 14.3 Å². The van der Waals surface area contributed by atoms with Gasteiger partial charge in [-0.2, -0.15) is 25.9 Å². The van der Waals surface area contributed by atoms with Gasteiger partial charge in [0.15, 0.2) is 0 Å². The van der Waals surface area contributed by atoms with E-state index in [1.807, 2.05) is 0 Å². The Balaban J connectivity index is 1.61. The second-order valence-electron chi connectivity index (χ2n) is 7.83. The van der Waals surface area contributed by atoms with Crippen molar-refractivity contribution >= 4 is 25.7 Å². The number of benzene rings is 1. The van der Waals surface area contributed by atoms with Crippen LogP contribution in [0, 0.1) is 0 Å². The minimum Gasteiger partial charge on any atom is -0.493 e. The quantitative estimate of drug-likeness (QED) is 0.433. The number of pyridine rings is 1. The molecule has 1 fully saturated rings. The van der Waals surface area contributed by atoms with Crippen LogP contribution < -0.4 is 10.4 Å². The molecule has 1 saturated heterocycles. The van der Waals surface area contributed by atoms with Crippen LogP contribution in [0.3, 0.4) is 0 Å². The Morgan fingerprint density at radius 1 is 1.05 bits per heavy atom. The number of aromatic nitrogens is 3. The maximum Gasteiger partial charge on any atom is 0.501 e. The molecule has 0 amide bonds. The molecule has 37 heavy (non-hydrogen) atoms. The van der Waals surface area contributed by atoms with Gasteiger partial charge < -0.3 is 9.84 Å². The largest absolute Gasteiger partial charge is 0.501 e. The zero-order valence-electron chi connectivity index (χ0n) is 18.8. The molecule has 0 aliphatic carbocycles. The topological polar surface area (TPSA) is 153 Å². The lowest BCUT2D eigenvalue weighted by Crippen LogP contribution is -2.43. The number of hydrogen-bond acceptors (Lipinski definition) is 8. The van der Waals surface area contributed by atoms with Crippen molar-refractivity contribution in [3.05, 3.63) is 65.0 Å². The average molecular weight is 564 g/mol. The van der Waals surface area contributed by atoms with Crippen LogP contribution in [-0.2, 0) is 31.3 Å². The van der Waals surface area contributed by atoms with Crippen molar-refractivity contribution in [1.29, 1.82) is 0 Å². The number of nitrogens with zero attached hydrogens (tertiary/aromatic N) is 4. The Kier molecular flexibility index (Phi) is 7.06. The Hall–Kier alpha value is -3.41. The second-order valence-corrected chi connectivity index (χ2v) is 11.4. The van der Waals surface area contributed by atoms with Crippen LogP contribution in [0.25, 0.3) is 5.69 Å². The molecule has 2 N–H and O–H groups in total. The van der Waals surface area contributed by atoms with Crippen molar-refractivity contribution in [2.75, 3.05) is 31.0 Å². The number of halogens is 3. The fraction of sp³-hybridized carbons (Fsp3) is 0.300. The number of hydrogen-bond donors (Lipinski definition) is 2. The van der Waals surface area contributed by atoms with E-state index in [0.29, 0.717) is 17.7 Å². The lowest BCUT2D eigenvalue weighted by Gasteiger charge is -2.26. The van der Waals surface area contributed by atoms with Crippen LogP contribution in [0.4, 0.5) is 18.9 Å². The van der Waals surface area contributed by atoms with Gasteiger partial charge in [0.1, 0.15) is 0 Å². The summed E-state index contributed by atoms with van der Waals surface area (Å²) in [6.45, 7) is 0.593. The molecule has 0 saturated carbocycles. The SMILES string of the molecule is O=c1n(Cc2ccncc2NS(=O)(=O)N2CCOCC2)cc(O)n1-c1ccc(S(=O)(=O)C(F)(F)F)cc1. The van der Waals surface area contributed by atoms with E-state index in [2.05, 4.69) is 9.71 Å². The van der Waals surface area contributed by atoms with Crippen molar-refractivity contribution in [2.45, 2.75) is 16.9 Å². The molecule has 3 heterocycles. The fourth-order valence-corrected chi connectivity index (χ4v) is 5.55. The molecule has 3 aromatic rings. The van der Waals surface area contributed by atoms with Crippen LogP contribution in [0.5, 0.6) is 5.88 Å². The maximum atomic E-state index is 13.0. The molecule has 17 heteroatoms. The van der Waals surface area contributed by atoms with Crippen LogP contribution >= 0.6 is 0 Å². The first kappa shape index (κ1) is 26.6. The van der Waals surface area contributed by atoms with Crippen molar-refractivity contribution in [1.82, 2.24) is 18.4 Å². The summed E-state index contributed by atoms with van der Waals surface area (Å²) in [5, 5.41) is 10.3. The molecule has 0 unspecified atom stereocenters. The van der Waals surface area contributed by atoms with Crippen LogP contribution in [0.15, 0.2) is 58.6 Å². The standard InChI is InChI=1S/C20H20F3N5O7S2/c21-20(22,23)36(31,32)16-3-1-15(2-4-16)28-18(29)13-26(19(28)30)12-14-5-6-24-11-17(14)25-37(33,34)27-7-9-35-10-8-27/h1-6,11,13,25,29H,7-10,12H2. The van der Waals surface area contributed by atoms with Gasteiger partial charge in [-0.05, 0) is 35.9 Å². The minimum absolute atomic E-state index is 0.0923. The Morgan fingerprint density at radius 3 is 2.32 bits per heavy atom. The molecule has 0 atom stereocenters. The number of rotatable bonds is 7. The predicted molar refractivity (Wildman–Crippen MR) is 123 cm³/mol. The summed E-state index contributed by atoms with van der Waals surface area (Å²) in [7, 11) is -9.53. The molecule has 0 radical (unpaired) electrons.